The van der Waals surface area contributed by atoms with Crippen LogP contribution in [0.2, 0.25) is 0 Å². The molecule has 26 heavy (non-hydrogen) atoms. The zero-order chi connectivity index (χ0) is 18.7. The molecule has 1 saturated heterocycles. The molecule has 0 bridgehead atoms. The van der Waals surface area contributed by atoms with Crippen molar-refractivity contribution in [1.29, 1.82) is 0 Å². The van der Waals surface area contributed by atoms with E-state index in [9.17, 15) is 13.2 Å². The minimum Gasteiger partial charge on any atom is -0.375 e. The van der Waals surface area contributed by atoms with Gasteiger partial charge < -0.3 is 9.64 Å². The van der Waals surface area contributed by atoms with Crippen molar-refractivity contribution < 1.29 is 17.9 Å². The number of sulfonamides is 1. The lowest BCUT2D eigenvalue weighted by molar-refractivity contribution is -0.0124. The molecule has 1 aliphatic carbocycles. The molecule has 3 rings (SSSR count). The minimum atomic E-state index is -3.53. The molecule has 1 amide bonds. The van der Waals surface area contributed by atoms with Gasteiger partial charge in [-0.25, -0.2) is 8.42 Å². The topological polar surface area (TPSA) is 66.9 Å². The summed E-state index contributed by atoms with van der Waals surface area (Å²) in [5.41, 5.74) is 0.512. The number of carbonyl (C=O) groups is 1. The van der Waals surface area contributed by atoms with Gasteiger partial charge in [0.25, 0.3) is 5.91 Å². The molecule has 1 aromatic carbocycles. The number of morpholine rings is 1. The highest BCUT2D eigenvalue weighted by Gasteiger charge is 2.29. The van der Waals surface area contributed by atoms with Gasteiger partial charge in [-0.15, -0.1) is 0 Å². The second-order valence-corrected chi connectivity index (χ2v) is 9.27. The van der Waals surface area contributed by atoms with Gasteiger partial charge >= 0.3 is 0 Å². The molecule has 1 unspecified atom stereocenters. The Bertz CT molecular complexity index is 726. The van der Waals surface area contributed by atoms with Crippen molar-refractivity contribution in [3.63, 3.8) is 0 Å². The predicted octanol–water partition coefficient (Wildman–Crippen LogP) is 2.50. The summed E-state index contributed by atoms with van der Waals surface area (Å²) in [5.74, 6) is -0.0790. The smallest absolute Gasteiger partial charge is 0.254 e. The molecule has 1 heterocycles. The van der Waals surface area contributed by atoms with Crippen molar-refractivity contribution in [3.05, 3.63) is 29.8 Å². The van der Waals surface area contributed by atoms with Crippen molar-refractivity contribution >= 4 is 15.9 Å². The van der Waals surface area contributed by atoms with Crippen molar-refractivity contribution in [2.75, 3.05) is 26.7 Å². The first-order valence-corrected chi connectivity index (χ1v) is 10.8. The largest absolute Gasteiger partial charge is 0.375 e. The molecule has 0 spiro atoms. The second-order valence-electron chi connectivity index (χ2n) is 7.27. The van der Waals surface area contributed by atoms with Crippen LogP contribution in [0.3, 0.4) is 0 Å². The van der Waals surface area contributed by atoms with Crippen LogP contribution in [0.1, 0.15) is 49.4 Å². The average Bonchev–Trinajstić information content (AvgIpc) is 2.67. The zero-order valence-corrected chi connectivity index (χ0v) is 16.4. The van der Waals surface area contributed by atoms with Crippen LogP contribution in [-0.4, -0.2) is 62.4 Å². The summed E-state index contributed by atoms with van der Waals surface area (Å²) in [5, 5.41) is 0. The van der Waals surface area contributed by atoms with Crippen LogP contribution in [0.4, 0.5) is 0 Å². The number of hydrogen-bond donors (Lipinski definition) is 0. The summed E-state index contributed by atoms with van der Waals surface area (Å²) < 4.78 is 32.7. The summed E-state index contributed by atoms with van der Waals surface area (Å²) in [6, 6.07) is 6.40. The van der Waals surface area contributed by atoms with Crippen LogP contribution in [-0.2, 0) is 14.8 Å². The molecule has 1 aliphatic heterocycles. The zero-order valence-electron chi connectivity index (χ0n) is 15.6. The quantitative estimate of drug-likeness (QED) is 0.805. The fourth-order valence-electron chi connectivity index (χ4n) is 3.76. The standard InChI is InChI=1S/C19H28N2O4S/c1-15-14-21(12-13-25-15)19(22)16-8-10-18(11-9-16)26(23,24)20(2)17-6-4-3-5-7-17/h8-11,15,17H,3-7,12-14H2,1-2H3. The number of hydrogen-bond acceptors (Lipinski definition) is 4. The Labute approximate surface area is 156 Å². The molecule has 7 heteroatoms. The highest BCUT2D eigenvalue weighted by atomic mass is 32.2. The lowest BCUT2D eigenvalue weighted by atomic mass is 9.96. The van der Waals surface area contributed by atoms with Gasteiger partial charge in [0.05, 0.1) is 17.6 Å². The van der Waals surface area contributed by atoms with E-state index in [4.69, 9.17) is 4.74 Å². The third-order valence-electron chi connectivity index (χ3n) is 5.40. The van der Waals surface area contributed by atoms with Crippen LogP contribution in [0.15, 0.2) is 29.2 Å². The third-order valence-corrected chi connectivity index (χ3v) is 7.32. The molecular weight excluding hydrogens is 352 g/mol. The monoisotopic (exact) mass is 380 g/mol. The maximum atomic E-state index is 12.9. The number of nitrogens with zero attached hydrogens (tertiary/aromatic N) is 2. The molecule has 0 N–H and O–H groups in total. The fraction of sp³-hybridized carbons (Fsp3) is 0.632. The molecule has 1 saturated carbocycles. The Balaban J connectivity index is 1.72. The van der Waals surface area contributed by atoms with Gasteiger partial charge in [-0.3, -0.25) is 4.79 Å². The molecule has 0 radical (unpaired) electrons. The molecule has 2 aliphatic rings. The lowest BCUT2D eigenvalue weighted by Gasteiger charge is -2.31. The summed E-state index contributed by atoms with van der Waals surface area (Å²) >= 11 is 0. The van der Waals surface area contributed by atoms with E-state index >= 15 is 0 Å². The fourth-order valence-corrected chi connectivity index (χ4v) is 5.18. The Morgan fingerprint density at radius 3 is 2.42 bits per heavy atom. The predicted molar refractivity (Wildman–Crippen MR) is 99.6 cm³/mol. The van der Waals surface area contributed by atoms with Crippen molar-refractivity contribution in [2.24, 2.45) is 0 Å². The molecule has 1 atom stereocenters. The van der Waals surface area contributed by atoms with Gasteiger partial charge in [-0.1, -0.05) is 19.3 Å². The summed E-state index contributed by atoms with van der Waals surface area (Å²) in [7, 11) is -1.86. The molecule has 0 aromatic heterocycles. The van der Waals surface area contributed by atoms with Gasteiger partial charge in [-0.2, -0.15) is 4.31 Å². The molecule has 144 valence electrons. The Hall–Kier alpha value is -1.44. The first-order valence-electron chi connectivity index (χ1n) is 9.38. The highest BCUT2D eigenvalue weighted by Crippen LogP contribution is 2.26. The average molecular weight is 381 g/mol. The number of ether oxygens (including phenoxy) is 1. The first-order chi connectivity index (χ1) is 12.4. The number of benzene rings is 1. The van der Waals surface area contributed by atoms with Crippen LogP contribution >= 0.6 is 0 Å². The number of carbonyl (C=O) groups excluding carboxylic acids is 1. The number of rotatable bonds is 4. The Kier molecular flexibility index (Phi) is 5.99. The maximum Gasteiger partial charge on any atom is 0.254 e. The highest BCUT2D eigenvalue weighted by molar-refractivity contribution is 7.89. The Morgan fingerprint density at radius 1 is 1.15 bits per heavy atom. The second kappa shape index (κ2) is 8.06. The molecule has 2 fully saturated rings. The third kappa shape index (κ3) is 4.10. The molecular formula is C19H28N2O4S. The molecule has 6 nitrogen and oxygen atoms in total. The maximum absolute atomic E-state index is 12.9. The lowest BCUT2D eigenvalue weighted by Crippen LogP contribution is -2.44. The van der Waals surface area contributed by atoms with Gasteiger partial charge in [0.15, 0.2) is 0 Å². The van der Waals surface area contributed by atoms with Crippen LogP contribution in [0, 0.1) is 0 Å². The summed E-state index contributed by atoms with van der Waals surface area (Å²) in [4.78, 5) is 14.6. The SMILES string of the molecule is CC1CN(C(=O)c2ccc(S(=O)(=O)N(C)C3CCCCC3)cc2)CCO1. The van der Waals surface area contributed by atoms with Crippen LogP contribution < -0.4 is 0 Å². The first kappa shape index (κ1) is 19.3. The van der Waals surface area contributed by atoms with E-state index in [1.807, 2.05) is 6.92 Å². The summed E-state index contributed by atoms with van der Waals surface area (Å²) in [6.45, 7) is 3.60. The van der Waals surface area contributed by atoms with E-state index in [-0.39, 0.29) is 22.9 Å². The van der Waals surface area contributed by atoms with E-state index < -0.39 is 10.0 Å². The molecule has 1 aromatic rings. The van der Waals surface area contributed by atoms with E-state index in [2.05, 4.69) is 0 Å². The van der Waals surface area contributed by atoms with E-state index in [0.717, 1.165) is 25.7 Å². The normalized spacial score (nSPS) is 22.6. The van der Waals surface area contributed by atoms with Gasteiger partial charge in [0, 0.05) is 31.7 Å². The Morgan fingerprint density at radius 2 is 1.81 bits per heavy atom. The van der Waals surface area contributed by atoms with E-state index in [1.165, 1.54) is 10.7 Å². The van der Waals surface area contributed by atoms with Crippen molar-refractivity contribution in [3.8, 4) is 0 Å². The van der Waals surface area contributed by atoms with Gasteiger partial charge in [0.1, 0.15) is 0 Å². The van der Waals surface area contributed by atoms with E-state index in [1.54, 1.807) is 36.2 Å². The van der Waals surface area contributed by atoms with Crippen LogP contribution in [0.25, 0.3) is 0 Å². The van der Waals surface area contributed by atoms with Crippen molar-refractivity contribution in [1.82, 2.24) is 9.21 Å². The van der Waals surface area contributed by atoms with Crippen molar-refractivity contribution in [2.45, 2.75) is 56.1 Å². The van der Waals surface area contributed by atoms with E-state index in [0.29, 0.717) is 25.3 Å². The minimum absolute atomic E-state index is 0.0245. The van der Waals surface area contributed by atoms with Crippen LogP contribution in [0.5, 0.6) is 0 Å². The summed E-state index contributed by atoms with van der Waals surface area (Å²) in [6.07, 6.45) is 5.20. The number of amides is 1. The van der Waals surface area contributed by atoms with Gasteiger partial charge in [-0.05, 0) is 44.0 Å². The van der Waals surface area contributed by atoms with Gasteiger partial charge in [0.2, 0.25) is 10.0 Å².